The molecule has 7 nitrogen and oxygen atoms in total. The number of hydrazone groups is 1. The van der Waals surface area contributed by atoms with Gasteiger partial charge in [-0.3, -0.25) is 15.5 Å². The maximum Gasteiger partial charge on any atom is 0.269 e. The Kier molecular flexibility index (Phi) is 6.80. The number of nitro groups is 1. The number of benzene rings is 3. The van der Waals surface area contributed by atoms with Crippen LogP contribution in [-0.2, 0) is 6.61 Å². The van der Waals surface area contributed by atoms with Crippen molar-refractivity contribution in [2.45, 2.75) is 6.61 Å². The summed E-state index contributed by atoms with van der Waals surface area (Å²) < 4.78 is 12.3. The number of hydrogen-bond acceptors (Lipinski definition) is 6. The fourth-order valence-corrected chi connectivity index (χ4v) is 2.96. The number of non-ortho nitro benzene ring substituents is 1. The van der Waals surface area contributed by atoms with E-state index in [2.05, 4.69) is 26.5 Å². The summed E-state index contributed by atoms with van der Waals surface area (Å²) in [5.74, 6) is 1.23. The number of nitrogens with one attached hydrogen (secondary N) is 1. The number of hydrogen-bond donors (Lipinski definition) is 1. The van der Waals surface area contributed by atoms with Crippen LogP contribution in [-0.4, -0.2) is 18.2 Å². The highest BCUT2D eigenvalue weighted by Crippen LogP contribution is 2.28. The van der Waals surface area contributed by atoms with Gasteiger partial charge in [-0.05, 0) is 53.6 Å². The second-order valence-electron chi connectivity index (χ2n) is 6.00. The first kappa shape index (κ1) is 20.3. The SMILES string of the molecule is COc1cc(/C=N/Nc2ccc([N+](=O)[O-])cc2)ccc1OCc1cccc(Br)c1. The molecule has 1 N–H and O–H groups in total. The molecule has 0 bridgehead atoms. The zero-order valence-corrected chi connectivity index (χ0v) is 17.1. The highest BCUT2D eigenvalue weighted by atomic mass is 79.9. The van der Waals surface area contributed by atoms with E-state index in [1.54, 1.807) is 25.5 Å². The summed E-state index contributed by atoms with van der Waals surface area (Å²) in [5.41, 5.74) is 5.36. The van der Waals surface area contributed by atoms with Crippen molar-refractivity contribution in [3.63, 3.8) is 0 Å². The molecule has 0 radical (unpaired) electrons. The fourth-order valence-electron chi connectivity index (χ4n) is 2.51. The number of nitrogens with zero attached hydrogens (tertiary/aromatic N) is 2. The predicted octanol–water partition coefficient (Wildman–Crippen LogP) is 5.39. The van der Waals surface area contributed by atoms with Crippen molar-refractivity contribution < 1.29 is 14.4 Å². The van der Waals surface area contributed by atoms with E-state index in [4.69, 9.17) is 9.47 Å². The number of methoxy groups -OCH3 is 1. The normalized spacial score (nSPS) is 10.7. The van der Waals surface area contributed by atoms with Crippen molar-refractivity contribution in [1.29, 1.82) is 0 Å². The summed E-state index contributed by atoms with van der Waals surface area (Å²) in [6, 6.07) is 19.4. The quantitative estimate of drug-likeness (QED) is 0.279. The van der Waals surface area contributed by atoms with Gasteiger partial charge in [0, 0.05) is 16.6 Å². The summed E-state index contributed by atoms with van der Waals surface area (Å²) in [6.45, 7) is 0.422. The summed E-state index contributed by atoms with van der Waals surface area (Å²) in [5, 5.41) is 14.8. The average molecular weight is 456 g/mol. The highest BCUT2D eigenvalue weighted by molar-refractivity contribution is 9.10. The summed E-state index contributed by atoms with van der Waals surface area (Å²) in [6.07, 6.45) is 1.63. The van der Waals surface area contributed by atoms with Crippen molar-refractivity contribution in [3.8, 4) is 11.5 Å². The molecule has 8 heteroatoms. The molecule has 0 heterocycles. The molecular weight excluding hydrogens is 438 g/mol. The largest absolute Gasteiger partial charge is 0.493 e. The molecule has 0 spiro atoms. The number of ether oxygens (including phenoxy) is 2. The van der Waals surface area contributed by atoms with Gasteiger partial charge in [0.05, 0.1) is 23.9 Å². The number of anilines is 1. The van der Waals surface area contributed by atoms with Crippen molar-refractivity contribution in [2.24, 2.45) is 5.10 Å². The molecule has 0 aliphatic carbocycles. The minimum Gasteiger partial charge on any atom is -0.493 e. The van der Waals surface area contributed by atoms with Gasteiger partial charge in [0.25, 0.3) is 5.69 Å². The molecule has 0 atom stereocenters. The molecule has 0 aromatic heterocycles. The van der Waals surface area contributed by atoms with Crippen LogP contribution in [0.2, 0.25) is 0 Å². The van der Waals surface area contributed by atoms with Crippen LogP contribution in [0.3, 0.4) is 0 Å². The molecule has 3 aromatic carbocycles. The van der Waals surface area contributed by atoms with Crippen molar-refractivity contribution in [3.05, 3.63) is 92.4 Å². The third kappa shape index (κ3) is 5.79. The molecule has 148 valence electrons. The van der Waals surface area contributed by atoms with Gasteiger partial charge in [-0.25, -0.2) is 0 Å². The molecule has 0 aliphatic heterocycles. The van der Waals surface area contributed by atoms with Gasteiger partial charge < -0.3 is 9.47 Å². The van der Waals surface area contributed by atoms with E-state index in [0.29, 0.717) is 23.8 Å². The van der Waals surface area contributed by atoms with Gasteiger partial charge in [0.1, 0.15) is 6.61 Å². The van der Waals surface area contributed by atoms with Crippen molar-refractivity contribution >= 4 is 33.5 Å². The van der Waals surface area contributed by atoms with E-state index in [0.717, 1.165) is 15.6 Å². The lowest BCUT2D eigenvalue weighted by molar-refractivity contribution is -0.384. The standard InChI is InChI=1S/C21H18BrN3O4/c1-28-21-12-15(13-23-24-18-6-8-19(9-7-18)25(26)27)5-10-20(21)29-14-16-3-2-4-17(22)11-16/h2-13,24H,14H2,1H3/b23-13+. The second kappa shape index (κ2) is 9.70. The third-order valence-electron chi connectivity index (χ3n) is 3.96. The monoisotopic (exact) mass is 455 g/mol. The minimum absolute atomic E-state index is 0.0303. The summed E-state index contributed by atoms with van der Waals surface area (Å²) in [7, 11) is 1.58. The lowest BCUT2D eigenvalue weighted by Gasteiger charge is -2.11. The van der Waals surface area contributed by atoms with Gasteiger partial charge in [-0.1, -0.05) is 28.1 Å². The molecule has 29 heavy (non-hydrogen) atoms. The Bertz CT molecular complexity index is 1020. The number of rotatable bonds is 8. The van der Waals surface area contributed by atoms with E-state index < -0.39 is 4.92 Å². The first-order chi connectivity index (χ1) is 14.0. The highest BCUT2D eigenvalue weighted by Gasteiger charge is 2.06. The van der Waals surface area contributed by atoms with E-state index >= 15 is 0 Å². The number of halogens is 1. The fraction of sp³-hybridized carbons (Fsp3) is 0.0952. The molecular formula is C21H18BrN3O4. The van der Waals surface area contributed by atoms with Crippen LogP contribution in [0.1, 0.15) is 11.1 Å². The van der Waals surface area contributed by atoms with Crippen LogP contribution >= 0.6 is 15.9 Å². The Labute approximate surface area is 176 Å². The Morgan fingerprint density at radius 3 is 2.59 bits per heavy atom. The zero-order valence-electron chi connectivity index (χ0n) is 15.5. The Hall–Kier alpha value is -3.39. The van der Waals surface area contributed by atoms with Gasteiger partial charge in [-0.15, -0.1) is 0 Å². The number of nitro benzene ring substituents is 1. The maximum absolute atomic E-state index is 10.7. The zero-order chi connectivity index (χ0) is 20.6. The Morgan fingerprint density at radius 1 is 1.10 bits per heavy atom. The minimum atomic E-state index is -0.445. The van der Waals surface area contributed by atoms with Gasteiger partial charge >= 0.3 is 0 Å². The van der Waals surface area contributed by atoms with E-state index in [-0.39, 0.29) is 5.69 Å². The molecule has 0 saturated heterocycles. The van der Waals surface area contributed by atoms with Crippen LogP contribution in [0.25, 0.3) is 0 Å². The Balaban J connectivity index is 1.63. The van der Waals surface area contributed by atoms with Gasteiger partial charge in [-0.2, -0.15) is 5.10 Å². The van der Waals surface area contributed by atoms with E-state index in [9.17, 15) is 10.1 Å². The van der Waals surface area contributed by atoms with Crippen LogP contribution in [0, 0.1) is 10.1 Å². The maximum atomic E-state index is 10.7. The Morgan fingerprint density at radius 2 is 1.90 bits per heavy atom. The molecule has 0 fully saturated rings. The topological polar surface area (TPSA) is 86.0 Å². The molecule has 0 unspecified atom stereocenters. The van der Waals surface area contributed by atoms with E-state index in [1.807, 2.05) is 42.5 Å². The third-order valence-corrected chi connectivity index (χ3v) is 4.45. The first-order valence-corrected chi connectivity index (χ1v) is 9.43. The lowest BCUT2D eigenvalue weighted by atomic mass is 10.2. The van der Waals surface area contributed by atoms with Crippen LogP contribution in [0.15, 0.2) is 76.3 Å². The van der Waals surface area contributed by atoms with Crippen LogP contribution in [0.5, 0.6) is 11.5 Å². The molecule has 0 aliphatic rings. The van der Waals surface area contributed by atoms with Crippen LogP contribution < -0.4 is 14.9 Å². The smallest absolute Gasteiger partial charge is 0.269 e. The summed E-state index contributed by atoms with van der Waals surface area (Å²) >= 11 is 3.45. The van der Waals surface area contributed by atoms with Crippen molar-refractivity contribution in [1.82, 2.24) is 0 Å². The van der Waals surface area contributed by atoms with Gasteiger partial charge in [0.15, 0.2) is 11.5 Å². The molecule has 0 saturated carbocycles. The van der Waals surface area contributed by atoms with Gasteiger partial charge in [0.2, 0.25) is 0 Å². The molecule has 0 amide bonds. The average Bonchev–Trinajstić information content (AvgIpc) is 2.73. The molecule has 3 aromatic rings. The summed E-state index contributed by atoms with van der Waals surface area (Å²) in [4.78, 5) is 10.2. The van der Waals surface area contributed by atoms with E-state index in [1.165, 1.54) is 12.1 Å². The molecule has 3 rings (SSSR count). The van der Waals surface area contributed by atoms with Crippen molar-refractivity contribution in [2.75, 3.05) is 12.5 Å². The van der Waals surface area contributed by atoms with Crippen LogP contribution in [0.4, 0.5) is 11.4 Å². The first-order valence-electron chi connectivity index (χ1n) is 8.64. The predicted molar refractivity (Wildman–Crippen MR) is 116 cm³/mol. The lowest BCUT2D eigenvalue weighted by Crippen LogP contribution is -1.99. The second-order valence-corrected chi connectivity index (χ2v) is 6.92.